The molecule has 88 valence electrons. The Morgan fingerprint density at radius 3 is 2.50 bits per heavy atom. The molecule has 0 aliphatic heterocycles. The summed E-state index contributed by atoms with van der Waals surface area (Å²) >= 11 is 5.79. The summed E-state index contributed by atoms with van der Waals surface area (Å²) in [5, 5.41) is 3.55. The van der Waals surface area contributed by atoms with Crippen molar-refractivity contribution in [3.8, 4) is 0 Å². The fourth-order valence-electron chi connectivity index (χ4n) is 1.34. The van der Waals surface area contributed by atoms with Crippen LogP contribution in [0.4, 0.5) is 0 Å². The maximum absolute atomic E-state index is 11.6. The highest BCUT2D eigenvalue weighted by Gasteiger charge is 2.14. The number of halogens is 1. The second kappa shape index (κ2) is 5.87. The van der Waals surface area contributed by atoms with Crippen LogP contribution >= 0.6 is 11.6 Å². The Hall–Kier alpha value is -1.06. The molecule has 1 aromatic rings. The lowest BCUT2D eigenvalue weighted by Gasteiger charge is -2.17. The molecule has 0 unspecified atom stereocenters. The van der Waals surface area contributed by atoms with Gasteiger partial charge in [0.05, 0.1) is 12.1 Å². The Balaban J connectivity index is 2.62. The van der Waals surface area contributed by atoms with E-state index in [1.807, 2.05) is 26.0 Å². The molecule has 0 aliphatic carbocycles. The minimum Gasteiger partial charge on any atom is -0.348 e. The minimum atomic E-state index is -0.435. The Kier molecular flexibility index (Phi) is 4.77. The number of hydrogen-bond acceptors (Lipinski definition) is 2. The van der Waals surface area contributed by atoms with Crippen LogP contribution in [0.1, 0.15) is 31.9 Å². The van der Waals surface area contributed by atoms with Gasteiger partial charge < -0.3 is 11.1 Å². The van der Waals surface area contributed by atoms with Gasteiger partial charge in [0, 0.05) is 5.02 Å². The van der Waals surface area contributed by atoms with E-state index in [-0.39, 0.29) is 11.9 Å². The average Bonchev–Trinajstić information content (AvgIpc) is 2.28. The summed E-state index contributed by atoms with van der Waals surface area (Å²) in [6, 6.07) is 6.91. The van der Waals surface area contributed by atoms with Crippen molar-refractivity contribution in [3.05, 3.63) is 34.9 Å². The quantitative estimate of drug-likeness (QED) is 0.848. The minimum absolute atomic E-state index is 0.0534. The molecule has 0 radical (unpaired) electrons. The second-order valence-corrected chi connectivity index (χ2v) is 4.23. The van der Waals surface area contributed by atoms with E-state index < -0.39 is 6.04 Å². The second-order valence-electron chi connectivity index (χ2n) is 3.80. The van der Waals surface area contributed by atoms with Crippen molar-refractivity contribution < 1.29 is 4.79 Å². The van der Waals surface area contributed by atoms with E-state index in [9.17, 15) is 4.79 Å². The summed E-state index contributed by atoms with van der Waals surface area (Å²) in [6.07, 6.45) is 0.638. The van der Waals surface area contributed by atoms with Crippen molar-refractivity contribution in [3.63, 3.8) is 0 Å². The standard InChI is InChI=1S/C12H17ClN2O/c1-3-11(14)12(16)15-8(2)9-4-6-10(13)7-5-9/h4-8,11H,3,14H2,1-2H3,(H,15,16)/t8-,11-/m0/s1. The summed E-state index contributed by atoms with van der Waals surface area (Å²) in [6.45, 7) is 3.81. The number of carbonyl (C=O) groups excluding carboxylic acids is 1. The van der Waals surface area contributed by atoms with Crippen molar-refractivity contribution >= 4 is 17.5 Å². The van der Waals surface area contributed by atoms with E-state index in [4.69, 9.17) is 17.3 Å². The first-order chi connectivity index (χ1) is 7.54. The van der Waals surface area contributed by atoms with Gasteiger partial charge in [-0.15, -0.1) is 0 Å². The van der Waals surface area contributed by atoms with E-state index in [0.29, 0.717) is 11.4 Å². The molecule has 0 aromatic heterocycles. The molecule has 16 heavy (non-hydrogen) atoms. The van der Waals surface area contributed by atoms with Crippen molar-refractivity contribution in [1.29, 1.82) is 0 Å². The average molecular weight is 241 g/mol. The maximum Gasteiger partial charge on any atom is 0.237 e. The van der Waals surface area contributed by atoms with Gasteiger partial charge >= 0.3 is 0 Å². The third kappa shape index (κ3) is 3.51. The molecule has 0 fully saturated rings. The summed E-state index contributed by atoms with van der Waals surface area (Å²) < 4.78 is 0. The Morgan fingerprint density at radius 2 is 2.00 bits per heavy atom. The fraction of sp³-hybridized carbons (Fsp3) is 0.417. The molecule has 1 amide bonds. The SMILES string of the molecule is CC[C@H](N)C(=O)N[C@@H](C)c1ccc(Cl)cc1. The predicted octanol–water partition coefficient (Wildman–Crippen LogP) is 2.25. The maximum atomic E-state index is 11.6. The fourth-order valence-corrected chi connectivity index (χ4v) is 1.47. The molecule has 3 N–H and O–H groups in total. The Bertz CT molecular complexity index is 351. The van der Waals surface area contributed by atoms with Crippen LogP contribution in [0.15, 0.2) is 24.3 Å². The van der Waals surface area contributed by atoms with E-state index >= 15 is 0 Å². The van der Waals surface area contributed by atoms with E-state index in [0.717, 1.165) is 5.56 Å². The number of nitrogens with one attached hydrogen (secondary N) is 1. The van der Waals surface area contributed by atoms with Crippen LogP contribution in [0, 0.1) is 0 Å². The molecule has 0 heterocycles. The van der Waals surface area contributed by atoms with Crippen molar-refractivity contribution in [2.75, 3.05) is 0 Å². The van der Waals surface area contributed by atoms with Crippen molar-refractivity contribution in [2.24, 2.45) is 5.73 Å². The highest BCUT2D eigenvalue weighted by atomic mass is 35.5. The van der Waals surface area contributed by atoms with Gasteiger partial charge in [-0.3, -0.25) is 4.79 Å². The van der Waals surface area contributed by atoms with Crippen LogP contribution in [-0.2, 0) is 4.79 Å². The van der Waals surface area contributed by atoms with Crippen LogP contribution in [-0.4, -0.2) is 11.9 Å². The molecule has 0 spiro atoms. The van der Waals surface area contributed by atoms with Gasteiger partial charge in [0.2, 0.25) is 5.91 Å². The molecular weight excluding hydrogens is 224 g/mol. The molecule has 0 aliphatic rings. The van der Waals surface area contributed by atoms with Gasteiger partial charge in [0.25, 0.3) is 0 Å². The van der Waals surface area contributed by atoms with Crippen LogP contribution < -0.4 is 11.1 Å². The molecule has 0 saturated carbocycles. The zero-order valence-electron chi connectivity index (χ0n) is 9.53. The van der Waals surface area contributed by atoms with Gasteiger partial charge in [0.15, 0.2) is 0 Å². The number of carbonyl (C=O) groups is 1. The molecular formula is C12H17ClN2O. The Labute approximate surface area is 101 Å². The number of benzene rings is 1. The first-order valence-electron chi connectivity index (χ1n) is 5.36. The highest BCUT2D eigenvalue weighted by Crippen LogP contribution is 2.15. The van der Waals surface area contributed by atoms with Crippen molar-refractivity contribution in [1.82, 2.24) is 5.32 Å². The zero-order chi connectivity index (χ0) is 12.1. The smallest absolute Gasteiger partial charge is 0.237 e. The number of rotatable bonds is 4. The van der Waals surface area contributed by atoms with E-state index in [2.05, 4.69) is 5.32 Å². The lowest BCUT2D eigenvalue weighted by atomic mass is 10.1. The normalized spacial score (nSPS) is 14.2. The van der Waals surface area contributed by atoms with Crippen LogP contribution in [0.3, 0.4) is 0 Å². The number of amides is 1. The summed E-state index contributed by atoms with van der Waals surface area (Å²) in [5.41, 5.74) is 6.65. The molecule has 2 atom stereocenters. The third-order valence-corrected chi connectivity index (χ3v) is 2.76. The lowest BCUT2D eigenvalue weighted by Crippen LogP contribution is -2.41. The van der Waals surface area contributed by atoms with E-state index in [1.54, 1.807) is 12.1 Å². The van der Waals surface area contributed by atoms with Gasteiger partial charge in [-0.2, -0.15) is 0 Å². The van der Waals surface area contributed by atoms with Gasteiger partial charge in [-0.1, -0.05) is 30.7 Å². The first-order valence-corrected chi connectivity index (χ1v) is 5.73. The zero-order valence-corrected chi connectivity index (χ0v) is 10.3. The summed E-state index contributed by atoms with van der Waals surface area (Å²) in [4.78, 5) is 11.6. The van der Waals surface area contributed by atoms with Crippen LogP contribution in [0.2, 0.25) is 5.02 Å². The van der Waals surface area contributed by atoms with Gasteiger partial charge in [0.1, 0.15) is 0 Å². The van der Waals surface area contributed by atoms with Crippen LogP contribution in [0.5, 0.6) is 0 Å². The molecule has 1 rings (SSSR count). The van der Waals surface area contributed by atoms with Gasteiger partial charge in [-0.05, 0) is 31.0 Å². The molecule has 0 bridgehead atoms. The lowest BCUT2D eigenvalue weighted by molar-refractivity contribution is -0.123. The monoisotopic (exact) mass is 240 g/mol. The van der Waals surface area contributed by atoms with Crippen LogP contribution in [0.25, 0.3) is 0 Å². The largest absolute Gasteiger partial charge is 0.348 e. The highest BCUT2D eigenvalue weighted by molar-refractivity contribution is 6.30. The molecule has 4 heteroatoms. The summed E-state index contributed by atoms with van der Waals surface area (Å²) in [5.74, 6) is -0.120. The predicted molar refractivity (Wildman–Crippen MR) is 66.3 cm³/mol. The van der Waals surface area contributed by atoms with Crippen molar-refractivity contribution in [2.45, 2.75) is 32.4 Å². The molecule has 3 nitrogen and oxygen atoms in total. The molecule has 1 aromatic carbocycles. The number of hydrogen-bond donors (Lipinski definition) is 2. The number of nitrogens with two attached hydrogens (primary N) is 1. The summed E-state index contributed by atoms with van der Waals surface area (Å²) in [7, 11) is 0. The Morgan fingerprint density at radius 1 is 1.44 bits per heavy atom. The third-order valence-electron chi connectivity index (χ3n) is 2.51. The van der Waals surface area contributed by atoms with E-state index in [1.165, 1.54) is 0 Å². The topological polar surface area (TPSA) is 55.1 Å². The first kappa shape index (κ1) is 13.0. The molecule has 0 saturated heterocycles. The van der Waals surface area contributed by atoms with Gasteiger partial charge in [-0.25, -0.2) is 0 Å².